The van der Waals surface area contributed by atoms with Gasteiger partial charge in [-0.05, 0) is 40.8 Å². The molecular formula is C20H23F3N2O3S. The van der Waals surface area contributed by atoms with Crippen LogP contribution >= 0.6 is 0 Å². The number of carbonyl (C=O) groups excluding carboxylic acids is 1. The number of alkyl halides is 3. The zero-order valence-electron chi connectivity index (χ0n) is 16.5. The Hall–Kier alpha value is -2.55. The summed E-state index contributed by atoms with van der Waals surface area (Å²) in [7, 11) is -3.72. The third-order valence-electron chi connectivity index (χ3n) is 4.17. The number of carbonyl (C=O) groups is 1. The van der Waals surface area contributed by atoms with E-state index >= 15 is 0 Å². The van der Waals surface area contributed by atoms with Crippen LogP contribution in [0.1, 0.15) is 47.8 Å². The van der Waals surface area contributed by atoms with E-state index in [1.54, 1.807) is 12.1 Å². The van der Waals surface area contributed by atoms with Crippen LogP contribution in [0.3, 0.4) is 0 Å². The molecule has 0 spiro atoms. The number of sulfonamides is 1. The highest BCUT2D eigenvalue weighted by Gasteiger charge is 2.33. The summed E-state index contributed by atoms with van der Waals surface area (Å²) in [4.78, 5) is 12.3. The number of hydrogen-bond donors (Lipinski definition) is 2. The third kappa shape index (κ3) is 6.49. The number of amides is 1. The van der Waals surface area contributed by atoms with Gasteiger partial charge < -0.3 is 5.32 Å². The van der Waals surface area contributed by atoms with Crippen LogP contribution in [-0.2, 0) is 28.2 Å². The summed E-state index contributed by atoms with van der Waals surface area (Å²) < 4.78 is 64.6. The molecule has 0 aromatic heterocycles. The summed E-state index contributed by atoms with van der Waals surface area (Å²) in [6.45, 7) is 5.74. The average molecular weight is 428 g/mol. The lowest BCUT2D eigenvalue weighted by molar-refractivity contribution is -0.138. The van der Waals surface area contributed by atoms with E-state index in [1.807, 2.05) is 37.6 Å². The number of anilines is 1. The zero-order chi connectivity index (χ0) is 22.0. The van der Waals surface area contributed by atoms with E-state index in [4.69, 9.17) is 0 Å². The quantitative estimate of drug-likeness (QED) is 0.746. The van der Waals surface area contributed by atoms with Gasteiger partial charge in [0.25, 0.3) is 5.91 Å². The maximum atomic E-state index is 13.4. The van der Waals surface area contributed by atoms with Gasteiger partial charge in [0.2, 0.25) is 10.0 Å². The molecule has 2 aromatic carbocycles. The van der Waals surface area contributed by atoms with Gasteiger partial charge in [-0.15, -0.1) is 0 Å². The maximum Gasteiger partial charge on any atom is 0.416 e. The Bertz CT molecular complexity index is 993. The summed E-state index contributed by atoms with van der Waals surface area (Å²) in [6, 6.07) is 9.93. The second-order valence-corrected chi connectivity index (χ2v) is 9.50. The summed E-state index contributed by atoms with van der Waals surface area (Å²) in [5.41, 5.74) is -0.110. The standard InChI is InChI=1S/C20H23F3N2O3S/c1-19(2,3)15-8-5-13(6-9-15)18(26)24-12-14-7-10-16(25-29(4,27)28)11-17(14)20(21,22)23/h5-11,25H,12H2,1-4H3,(H,24,26). The van der Waals surface area contributed by atoms with Crippen LogP contribution in [0, 0.1) is 0 Å². The van der Waals surface area contributed by atoms with Crippen molar-refractivity contribution >= 4 is 21.6 Å². The van der Waals surface area contributed by atoms with Crippen LogP contribution in [0.25, 0.3) is 0 Å². The van der Waals surface area contributed by atoms with Crippen LogP contribution in [-0.4, -0.2) is 20.6 Å². The first-order chi connectivity index (χ1) is 13.2. The summed E-state index contributed by atoms with van der Waals surface area (Å²) in [5.74, 6) is -0.503. The van der Waals surface area contributed by atoms with Gasteiger partial charge in [0.15, 0.2) is 0 Å². The lowest BCUT2D eigenvalue weighted by Crippen LogP contribution is -2.25. The molecule has 2 rings (SSSR count). The minimum Gasteiger partial charge on any atom is -0.348 e. The number of rotatable bonds is 5. The Morgan fingerprint density at radius 3 is 2.07 bits per heavy atom. The molecule has 0 radical (unpaired) electrons. The minimum absolute atomic E-state index is 0.0850. The van der Waals surface area contributed by atoms with Gasteiger partial charge in [0.05, 0.1) is 11.8 Å². The fraction of sp³-hybridized carbons (Fsp3) is 0.350. The normalized spacial score (nSPS) is 12.5. The molecule has 0 heterocycles. The molecule has 158 valence electrons. The first-order valence-corrected chi connectivity index (χ1v) is 10.6. The Kier molecular flexibility index (Phi) is 6.32. The SMILES string of the molecule is CC(C)(C)c1ccc(C(=O)NCc2ccc(NS(C)(=O)=O)cc2C(F)(F)F)cc1. The summed E-state index contributed by atoms with van der Waals surface area (Å²) in [5, 5.41) is 2.48. The first kappa shape index (κ1) is 22.7. The molecule has 0 unspecified atom stereocenters. The smallest absolute Gasteiger partial charge is 0.348 e. The van der Waals surface area contributed by atoms with Crippen LogP contribution < -0.4 is 10.0 Å². The van der Waals surface area contributed by atoms with Gasteiger partial charge in [-0.1, -0.05) is 39.0 Å². The van der Waals surface area contributed by atoms with Crippen LogP contribution in [0.4, 0.5) is 18.9 Å². The number of benzene rings is 2. The lowest BCUT2D eigenvalue weighted by atomic mass is 9.87. The molecule has 0 fully saturated rings. The summed E-state index contributed by atoms with van der Waals surface area (Å²) in [6.07, 6.45) is -3.86. The molecule has 0 atom stereocenters. The van der Waals surface area contributed by atoms with Crippen molar-refractivity contribution in [3.8, 4) is 0 Å². The van der Waals surface area contributed by atoms with Gasteiger partial charge in [0, 0.05) is 17.8 Å². The molecule has 5 nitrogen and oxygen atoms in total. The van der Waals surface area contributed by atoms with Gasteiger partial charge in [-0.25, -0.2) is 8.42 Å². The molecule has 2 aromatic rings. The van der Waals surface area contributed by atoms with Crippen molar-refractivity contribution in [3.05, 3.63) is 64.7 Å². The molecule has 0 saturated heterocycles. The van der Waals surface area contributed by atoms with Crippen LogP contribution in [0.15, 0.2) is 42.5 Å². The van der Waals surface area contributed by atoms with Crippen molar-refractivity contribution < 1.29 is 26.4 Å². The highest BCUT2D eigenvalue weighted by molar-refractivity contribution is 7.92. The second-order valence-electron chi connectivity index (χ2n) is 7.75. The van der Waals surface area contributed by atoms with Crippen molar-refractivity contribution in [1.29, 1.82) is 0 Å². The van der Waals surface area contributed by atoms with Crippen LogP contribution in [0.5, 0.6) is 0 Å². The third-order valence-corrected chi connectivity index (χ3v) is 4.78. The molecular weight excluding hydrogens is 405 g/mol. The van der Waals surface area contributed by atoms with Crippen molar-refractivity contribution in [1.82, 2.24) is 5.32 Å². The predicted molar refractivity (Wildman–Crippen MR) is 106 cm³/mol. The average Bonchev–Trinajstić information content (AvgIpc) is 2.57. The van der Waals surface area contributed by atoms with Gasteiger partial charge in [-0.3, -0.25) is 9.52 Å². The van der Waals surface area contributed by atoms with Crippen molar-refractivity contribution in [2.24, 2.45) is 0 Å². The summed E-state index contributed by atoms with van der Waals surface area (Å²) >= 11 is 0. The molecule has 0 bridgehead atoms. The Morgan fingerprint density at radius 1 is 1.00 bits per heavy atom. The fourth-order valence-corrected chi connectivity index (χ4v) is 3.23. The highest BCUT2D eigenvalue weighted by atomic mass is 32.2. The number of halogens is 3. The highest BCUT2D eigenvalue weighted by Crippen LogP contribution is 2.34. The lowest BCUT2D eigenvalue weighted by Gasteiger charge is -2.19. The molecule has 2 N–H and O–H groups in total. The van der Waals surface area contributed by atoms with Crippen molar-refractivity contribution in [3.63, 3.8) is 0 Å². The largest absolute Gasteiger partial charge is 0.416 e. The van der Waals surface area contributed by atoms with E-state index in [9.17, 15) is 26.4 Å². The molecule has 0 aliphatic heterocycles. The molecule has 29 heavy (non-hydrogen) atoms. The van der Waals surface area contributed by atoms with Crippen molar-refractivity contribution in [2.45, 2.75) is 38.9 Å². The topological polar surface area (TPSA) is 75.3 Å². The molecule has 1 amide bonds. The maximum absolute atomic E-state index is 13.4. The predicted octanol–water partition coefficient (Wildman–Crippen LogP) is 4.30. The van der Waals surface area contributed by atoms with Gasteiger partial charge in [-0.2, -0.15) is 13.2 Å². The van der Waals surface area contributed by atoms with E-state index in [0.29, 0.717) is 11.6 Å². The van der Waals surface area contributed by atoms with Crippen LogP contribution in [0.2, 0.25) is 0 Å². The second kappa shape index (κ2) is 8.06. The molecule has 0 saturated carbocycles. The Labute approximate surface area is 168 Å². The van der Waals surface area contributed by atoms with Gasteiger partial charge >= 0.3 is 6.18 Å². The molecule has 0 aliphatic rings. The molecule has 0 aliphatic carbocycles. The Balaban J connectivity index is 2.20. The fourth-order valence-electron chi connectivity index (χ4n) is 2.67. The number of hydrogen-bond acceptors (Lipinski definition) is 3. The number of nitrogens with one attached hydrogen (secondary N) is 2. The van der Waals surface area contributed by atoms with E-state index in [2.05, 4.69) is 5.32 Å². The first-order valence-electron chi connectivity index (χ1n) is 8.73. The van der Waals surface area contributed by atoms with E-state index in [-0.39, 0.29) is 23.2 Å². The zero-order valence-corrected chi connectivity index (χ0v) is 17.3. The minimum atomic E-state index is -4.70. The van der Waals surface area contributed by atoms with Gasteiger partial charge in [0.1, 0.15) is 0 Å². The van der Waals surface area contributed by atoms with E-state index < -0.39 is 27.7 Å². The monoisotopic (exact) mass is 428 g/mol. The molecule has 9 heteroatoms. The van der Waals surface area contributed by atoms with E-state index in [1.165, 1.54) is 6.07 Å². The van der Waals surface area contributed by atoms with Crippen molar-refractivity contribution in [2.75, 3.05) is 11.0 Å². The Morgan fingerprint density at radius 2 is 1.59 bits per heavy atom. The van der Waals surface area contributed by atoms with E-state index in [0.717, 1.165) is 17.9 Å².